The highest BCUT2D eigenvalue weighted by Gasteiger charge is 2.45. The topological polar surface area (TPSA) is 20.9 Å². The summed E-state index contributed by atoms with van der Waals surface area (Å²) in [4.78, 5) is 11.3. The number of benzene rings is 1. The number of carbonyl (C=O) groups excluding carboxylic acids is 1. The molecule has 0 aliphatic carbocycles. The summed E-state index contributed by atoms with van der Waals surface area (Å²) in [6.45, 7) is 2.27. The number of hydrogen-bond acceptors (Lipinski definition) is 2. The second kappa shape index (κ2) is 4.49. The first-order valence-electron chi connectivity index (χ1n) is 5.82. The fourth-order valence-electron chi connectivity index (χ4n) is 2.44. The number of halogens is 1. The highest BCUT2D eigenvalue weighted by molar-refractivity contribution is 14.1. The van der Waals surface area contributed by atoms with Gasteiger partial charge in [0.1, 0.15) is 0 Å². The maximum atomic E-state index is 11.3. The third-order valence-electron chi connectivity index (χ3n) is 3.41. The normalized spacial score (nSPS) is 22.1. The van der Waals surface area contributed by atoms with Gasteiger partial charge in [0, 0.05) is 18.4 Å². The first-order valence-corrected chi connectivity index (χ1v) is 8.33. The lowest BCUT2D eigenvalue weighted by Crippen LogP contribution is -2.55. The SMILES string of the molecule is CC1(CI)CSc2c(C=O)cc3ccccc3[n+]21. The van der Waals surface area contributed by atoms with Crippen molar-refractivity contribution >= 4 is 51.5 Å². The molecule has 3 rings (SSSR count). The van der Waals surface area contributed by atoms with Crippen LogP contribution in [0, 0.1) is 0 Å². The van der Waals surface area contributed by atoms with Gasteiger partial charge in [0.05, 0.1) is 15.7 Å². The lowest BCUT2D eigenvalue weighted by atomic mass is 10.1. The van der Waals surface area contributed by atoms with Gasteiger partial charge in [-0.2, -0.15) is 4.57 Å². The molecular formula is C14H13INOS+. The minimum Gasteiger partial charge on any atom is -0.298 e. The van der Waals surface area contributed by atoms with Crippen LogP contribution in [0.15, 0.2) is 35.4 Å². The van der Waals surface area contributed by atoms with Gasteiger partial charge >= 0.3 is 0 Å². The van der Waals surface area contributed by atoms with Crippen LogP contribution in [0.2, 0.25) is 0 Å². The quantitative estimate of drug-likeness (QED) is 0.350. The summed E-state index contributed by atoms with van der Waals surface area (Å²) in [6, 6.07) is 10.3. The Labute approximate surface area is 124 Å². The standard InChI is InChI=1S/C14H13INOS/c1-14(8-15)9-18-13-11(7-17)6-10-4-2-3-5-12(10)16(13)14/h2-7H,8-9H2,1H3/q+1. The molecule has 1 aliphatic heterocycles. The molecule has 1 aliphatic rings. The predicted octanol–water partition coefficient (Wildman–Crippen LogP) is 3.20. The first kappa shape index (κ1) is 12.4. The van der Waals surface area contributed by atoms with Gasteiger partial charge in [-0.15, -0.1) is 0 Å². The van der Waals surface area contributed by atoms with E-state index in [1.165, 1.54) is 5.52 Å². The molecule has 2 heterocycles. The van der Waals surface area contributed by atoms with E-state index in [0.29, 0.717) is 0 Å². The van der Waals surface area contributed by atoms with Crippen LogP contribution >= 0.6 is 34.4 Å². The second-order valence-electron chi connectivity index (χ2n) is 4.84. The number of aldehydes is 1. The van der Waals surface area contributed by atoms with E-state index >= 15 is 0 Å². The molecule has 0 bridgehead atoms. The fourth-order valence-corrected chi connectivity index (χ4v) is 4.81. The van der Waals surface area contributed by atoms with Crippen LogP contribution in [-0.4, -0.2) is 16.5 Å². The molecule has 2 aromatic rings. The summed E-state index contributed by atoms with van der Waals surface area (Å²) in [6.07, 6.45) is 0.976. The largest absolute Gasteiger partial charge is 0.298 e. The van der Waals surface area contributed by atoms with Crippen molar-refractivity contribution in [3.05, 3.63) is 35.9 Å². The minimum atomic E-state index is 0.0964. The molecule has 0 radical (unpaired) electrons. The lowest BCUT2D eigenvalue weighted by molar-refractivity contribution is -0.754. The van der Waals surface area contributed by atoms with Crippen molar-refractivity contribution in [2.45, 2.75) is 17.5 Å². The van der Waals surface area contributed by atoms with Crippen LogP contribution in [0.25, 0.3) is 10.9 Å². The fraction of sp³-hybridized carbons (Fsp3) is 0.286. The Kier molecular flexibility index (Phi) is 3.10. The molecule has 4 heteroatoms. The van der Waals surface area contributed by atoms with Gasteiger partial charge in [0.2, 0.25) is 5.52 Å². The predicted molar refractivity (Wildman–Crippen MR) is 82.8 cm³/mol. The highest BCUT2D eigenvalue weighted by atomic mass is 127. The Balaban J connectivity index is 2.44. The number of fused-ring (bicyclic) bond motifs is 3. The van der Waals surface area contributed by atoms with Gasteiger partial charge in [-0.3, -0.25) is 4.79 Å². The van der Waals surface area contributed by atoms with Crippen molar-refractivity contribution in [1.82, 2.24) is 0 Å². The molecule has 0 amide bonds. The Morgan fingerprint density at radius 2 is 2.28 bits per heavy atom. The van der Waals surface area contributed by atoms with E-state index in [1.54, 1.807) is 11.8 Å². The number of rotatable bonds is 2. The Morgan fingerprint density at radius 3 is 3.00 bits per heavy atom. The number of nitrogens with zero attached hydrogens (tertiary/aromatic N) is 1. The lowest BCUT2D eigenvalue weighted by Gasteiger charge is -2.16. The van der Waals surface area contributed by atoms with Gasteiger partial charge in [-0.05, 0) is 23.9 Å². The number of para-hydroxylation sites is 1. The molecule has 0 saturated heterocycles. The summed E-state index contributed by atoms with van der Waals surface area (Å²) < 4.78 is 3.39. The monoisotopic (exact) mass is 370 g/mol. The van der Waals surface area contributed by atoms with Crippen LogP contribution in [0.4, 0.5) is 0 Å². The van der Waals surface area contributed by atoms with E-state index in [0.717, 1.165) is 32.4 Å². The van der Waals surface area contributed by atoms with Gasteiger partial charge < -0.3 is 0 Å². The van der Waals surface area contributed by atoms with E-state index < -0.39 is 0 Å². The Bertz CT molecular complexity index is 643. The van der Waals surface area contributed by atoms with Gasteiger partial charge in [0.15, 0.2) is 11.8 Å². The van der Waals surface area contributed by atoms with Crippen molar-refractivity contribution in [1.29, 1.82) is 0 Å². The zero-order valence-corrected chi connectivity index (χ0v) is 13.0. The minimum absolute atomic E-state index is 0.0964. The number of aromatic nitrogens is 1. The number of alkyl halides is 1. The van der Waals surface area contributed by atoms with E-state index in [9.17, 15) is 4.79 Å². The van der Waals surface area contributed by atoms with Crippen LogP contribution in [0.3, 0.4) is 0 Å². The third-order valence-corrected chi connectivity index (χ3v) is 6.51. The van der Waals surface area contributed by atoms with Gasteiger partial charge in [-0.1, -0.05) is 34.7 Å². The van der Waals surface area contributed by atoms with Crippen molar-refractivity contribution in [2.24, 2.45) is 0 Å². The van der Waals surface area contributed by atoms with Gasteiger partial charge in [-0.25, -0.2) is 0 Å². The van der Waals surface area contributed by atoms with Crippen LogP contribution < -0.4 is 4.57 Å². The average molecular weight is 370 g/mol. The zero-order valence-electron chi connectivity index (χ0n) is 10.0. The number of carbonyl (C=O) groups is 1. The summed E-state index contributed by atoms with van der Waals surface area (Å²) in [5.74, 6) is 1.03. The summed E-state index contributed by atoms with van der Waals surface area (Å²) >= 11 is 4.23. The number of hydrogen-bond donors (Lipinski definition) is 0. The molecule has 2 nitrogen and oxygen atoms in total. The molecule has 18 heavy (non-hydrogen) atoms. The van der Waals surface area contributed by atoms with E-state index in [1.807, 2.05) is 12.1 Å². The Morgan fingerprint density at radius 1 is 1.50 bits per heavy atom. The molecule has 1 aromatic heterocycles. The van der Waals surface area contributed by atoms with Gasteiger partial charge in [0.25, 0.3) is 5.03 Å². The molecule has 0 spiro atoms. The molecule has 1 unspecified atom stereocenters. The van der Waals surface area contributed by atoms with E-state index in [-0.39, 0.29) is 5.54 Å². The molecule has 1 aromatic carbocycles. The highest BCUT2D eigenvalue weighted by Crippen LogP contribution is 2.35. The smallest absolute Gasteiger partial charge is 0.251 e. The average Bonchev–Trinajstić information content (AvgIpc) is 2.77. The number of pyridine rings is 1. The summed E-state index contributed by atoms with van der Waals surface area (Å²) in [7, 11) is 0. The molecule has 1 atom stereocenters. The Hall–Kier alpha value is -0.620. The molecule has 0 N–H and O–H groups in total. The molecule has 0 fully saturated rings. The van der Waals surface area contributed by atoms with E-state index in [2.05, 4.69) is 52.3 Å². The van der Waals surface area contributed by atoms with E-state index in [4.69, 9.17) is 0 Å². The first-order chi connectivity index (χ1) is 8.69. The third kappa shape index (κ3) is 1.69. The van der Waals surface area contributed by atoms with Crippen molar-refractivity contribution in [3.8, 4) is 0 Å². The summed E-state index contributed by atoms with van der Waals surface area (Å²) in [5.41, 5.74) is 2.13. The maximum absolute atomic E-state index is 11.3. The van der Waals surface area contributed by atoms with Crippen LogP contribution in [-0.2, 0) is 5.54 Å². The van der Waals surface area contributed by atoms with Crippen LogP contribution in [0.5, 0.6) is 0 Å². The van der Waals surface area contributed by atoms with Crippen molar-refractivity contribution in [3.63, 3.8) is 0 Å². The maximum Gasteiger partial charge on any atom is 0.251 e. The van der Waals surface area contributed by atoms with Crippen LogP contribution in [0.1, 0.15) is 17.3 Å². The van der Waals surface area contributed by atoms with Crippen molar-refractivity contribution in [2.75, 3.05) is 10.2 Å². The molecule has 92 valence electrons. The zero-order chi connectivity index (χ0) is 12.8. The molecular weight excluding hydrogens is 357 g/mol. The molecule has 0 saturated carbocycles. The number of thioether (sulfide) groups is 1. The summed E-state index contributed by atoms with van der Waals surface area (Å²) in [5, 5.41) is 2.25. The second-order valence-corrected chi connectivity index (χ2v) is 6.56. The van der Waals surface area contributed by atoms with Crippen molar-refractivity contribution < 1.29 is 9.36 Å².